The number of ether oxygens (including phenoxy) is 2. The van der Waals surface area contributed by atoms with Gasteiger partial charge in [0.15, 0.2) is 0 Å². The Balaban J connectivity index is 1.33. The lowest BCUT2D eigenvalue weighted by Gasteiger charge is -2.31. The molecule has 7 heteroatoms. The summed E-state index contributed by atoms with van der Waals surface area (Å²) in [6, 6.07) is 8.40. The molecule has 4 heterocycles. The van der Waals surface area contributed by atoms with E-state index in [4.69, 9.17) is 9.47 Å². The maximum absolute atomic E-state index is 6.32. The van der Waals surface area contributed by atoms with Gasteiger partial charge in [0.1, 0.15) is 11.4 Å². The predicted octanol–water partition coefficient (Wildman–Crippen LogP) is 2.87. The van der Waals surface area contributed by atoms with E-state index >= 15 is 0 Å². The lowest BCUT2D eigenvalue weighted by Crippen LogP contribution is -2.43. The van der Waals surface area contributed by atoms with Crippen molar-refractivity contribution in [1.29, 1.82) is 0 Å². The van der Waals surface area contributed by atoms with Crippen molar-refractivity contribution in [3.63, 3.8) is 0 Å². The summed E-state index contributed by atoms with van der Waals surface area (Å²) >= 11 is 1.88. The highest BCUT2D eigenvalue weighted by atomic mass is 32.1. The number of nitrogens with one attached hydrogen (secondary N) is 1. The first kappa shape index (κ1) is 18.8. The fraction of sp³-hybridized carbons (Fsp3) is 0.600. The van der Waals surface area contributed by atoms with E-state index in [0.717, 1.165) is 57.3 Å². The van der Waals surface area contributed by atoms with Crippen molar-refractivity contribution in [2.24, 2.45) is 5.92 Å². The van der Waals surface area contributed by atoms with Gasteiger partial charge in [0, 0.05) is 41.9 Å². The molecule has 2 aromatic rings. The highest BCUT2D eigenvalue weighted by Crippen LogP contribution is 2.33. The Hall–Kier alpha value is -1.54. The maximum atomic E-state index is 6.32. The average molecular weight is 389 g/mol. The van der Waals surface area contributed by atoms with Crippen LogP contribution in [0.3, 0.4) is 0 Å². The predicted molar refractivity (Wildman–Crippen MR) is 107 cm³/mol. The first-order chi connectivity index (χ1) is 13.1. The van der Waals surface area contributed by atoms with E-state index in [1.165, 1.54) is 9.75 Å². The van der Waals surface area contributed by atoms with Crippen molar-refractivity contribution in [3.05, 3.63) is 39.7 Å². The quantitative estimate of drug-likeness (QED) is 0.850. The van der Waals surface area contributed by atoms with Gasteiger partial charge in [-0.05, 0) is 44.5 Å². The molecule has 0 unspecified atom stereocenters. The molecule has 2 aromatic heterocycles. The Bertz CT molecular complexity index is 751. The second kappa shape index (κ2) is 8.22. The van der Waals surface area contributed by atoms with Crippen molar-refractivity contribution >= 4 is 17.2 Å². The van der Waals surface area contributed by atoms with Crippen molar-refractivity contribution in [2.45, 2.75) is 32.4 Å². The number of aryl methyl sites for hydroxylation is 2. The first-order valence-corrected chi connectivity index (χ1v) is 10.5. The van der Waals surface area contributed by atoms with Crippen LogP contribution in [-0.4, -0.2) is 60.2 Å². The summed E-state index contributed by atoms with van der Waals surface area (Å²) in [5, 5.41) is 11.7. The van der Waals surface area contributed by atoms with Crippen LogP contribution in [0, 0.1) is 19.8 Å². The second-order valence-electron chi connectivity index (χ2n) is 7.78. The molecule has 27 heavy (non-hydrogen) atoms. The summed E-state index contributed by atoms with van der Waals surface area (Å²) in [4.78, 5) is 5.27. The van der Waals surface area contributed by atoms with Crippen LogP contribution in [0.25, 0.3) is 0 Å². The minimum Gasteiger partial charge on any atom is -0.377 e. The lowest BCUT2D eigenvalue weighted by molar-refractivity contribution is -0.0561. The van der Waals surface area contributed by atoms with E-state index in [9.17, 15) is 0 Å². The summed E-state index contributed by atoms with van der Waals surface area (Å²) in [5.74, 6) is 1.29. The molecule has 0 aromatic carbocycles. The zero-order chi connectivity index (χ0) is 18.7. The SMILES string of the molecule is Cc1ccc(NC[C@H]2CO[C@@]3(COCCN(Cc4ccc(C)s4)C3)C2)nn1. The van der Waals surface area contributed by atoms with E-state index in [-0.39, 0.29) is 5.60 Å². The van der Waals surface area contributed by atoms with Gasteiger partial charge in [-0.1, -0.05) is 0 Å². The van der Waals surface area contributed by atoms with Gasteiger partial charge in [-0.3, -0.25) is 4.90 Å². The van der Waals surface area contributed by atoms with Crippen molar-refractivity contribution < 1.29 is 9.47 Å². The standard InChI is InChI=1S/C20H28N4O2S/c1-15-3-6-19(23-22-15)21-10-17-9-20(26-12-17)13-24(7-8-25-14-20)11-18-5-4-16(2)27-18/h3-6,17H,7-14H2,1-2H3,(H,21,23)/t17-,20-/m0/s1. The van der Waals surface area contributed by atoms with Gasteiger partial charge in [0.25, 0.3) is 0 Å². The van der Waals surface area contributed by atoms with Crippen LogP contribution in [0.5, 0.6) is 0 Å². The van der Waals surface area contributed by atoms with Gasteiger partial charge in [-0.15, -0.1) is 16.4 Å². The molecule has 2 fully saturated rings. The molecule has 2 aliphatic rings. The van der Waals surface area contributed by atoms with Gasteiger partial charge in [-0.25, -0.2) is 0 Å². The zero-order valence-corrected chi connectivity index (χ0v) is 16.9. The van der Waals surface area contributed by atoms with E-state index in [2.05, 4.69) is 39.5 Å². The molecule has 1 spiro atoms. The lowest BCUT2D eigenvalue weighted by atomic mass is 9.94. The summed E-state index contributed by atoms with van der Waals surface area (Å²) in [5.41, 5.74) is 0.744. The summed E-state index contributed by atoms with van der Waals surface area (Å²) in [7, 11) is 0. The topological polar surface area (TPSA) is 59.5 Å². The Morgan fingerprint density at radius 2 is 2.19 bits per heavy atom. The molecule has 4 rings (SSSR count). The van der Waals surface area contributed by atoms with Gasteiger partial charge in [0.05, 0.1) is 25.5 Å². The smallest absolute Gasteiger partial charge is 0.148 e. The second-order valence-corrected chi connectivity index (χ2v) is 9.15. The summed E-state index contributed by atoms with van der Waals surface area (Å²) in [6.45, 7) is 10.1. The number of thiophene rings is 1. The maximum Gasteiger partial charge on any atom is 0.148 e. The van der Waals surface area contributed by atoms with Crippen LogP contribution in [0.15, 0.2) is 24.3 Å². The zero-order valence-electron chi connectivity index (χ0n) is 16.1. The highest BCUT2D eigenvalue weighted by Gasteiger charge is 2.43. The van der Waals surface area contributed by atoms with E-state index in [1.54, 1.807) is 0 Å². The average Bonchev–Trinajstić information content (AvgIpc) is 3.18. The van der Waals surface area contributed by atoms with Gasteiger partial charge >= 0.3 is 0 Å². The number of nitrogens with zero attached hydrogens (tertiary/aromatic N) is 3. The van der Waals surface area contributed by atoms with Gasteiger partial charge in [-0.2, -0.15) is 5.10 Å². The molecule has 1 N–H and O–H groups in total. The van der Waals surface area contributed by atoms with E-state index in [1.807, 2.05) is 30.4 Å². The number of rotatable bonds is 5. The number of aromatic nitrogens is 2. The highest BCUT2D eigenvalue weighted by molar-refractivity contribution is 7.11. The van der Waals surface area contributed by atoms with Crippen LogP contribution >= 0.6 is 11.3 Å². The minimum absolute atomic E-state index is 0.186. The first-order valence-electron chi connectivity index (χ1n) is 9.64. The third-order valence-corrected chi connectivity index (χ3v) is 6.25. The Kier molecular flexibility index (Phi) is 5.73. The van der Waals surface area contributed by atoms with Crippen LogP contribution in [-0.2, 0) is 16.0 Å². The van der Waals surface area contributed by atoms with E-state index < -0.39 is 0 Å². The molecule has 0 aliphatic carbocycles. The van der Waals surface area contributed by atoms with E-state index in [0.29, 0.717) is 12.5 Å². The molecule has 0 saturated carbocycles. The van der Waals surface area contributed by atoms with Gasteiger partial charge in [0.2, 0.25) is 0 Å². The molecular formula is C20H28N4O2S. The van der Waals surface area contributed by atoms with Crippen molar-refractivity contribution in [2.75, 3.05) is 44.8 Å². The van der Waals surface area contributed by atoms with Crippen LogP contribution < -0.4 is 5.32 Å². The molecule has 2 atom stereocenters. The minimum atomic E-state index is -0.186. The monoisotopic (exact) mass is 388 g/mol. The Labute approximate surface area is 164 Å². The third kappa shape index (κ3) is 4.85. The molecule has 2 saturated heterocycles. The van der Waals surface area contributed by atoms with Gasteiger partial charge < -0.3 is 14.8 Å². The fourth-order valence-electron chi connectivity index (χ4n) is 3.93. The largest absolute Gasteiger partial charge is 0.377 e. The summed E-state index contributed by atoms with van der Waals surface area (Å²) in [6.07, 6.45) is 1.01. The van der Waals surface area contributed by atoms with Crippen LogP contribution in [0.2, 0.25) is 0 Å². The molecule has 0 bridgehead atoms. The Morgan fingerprint density at radius 3 is 2.96 bits per heavy atom. The van der Waals surface area contributed by atoms with Crippen molar-refractivity contribution in [3.8, 4) is 0 Å². The molecule has 0 radical (unpaired) electrons. The van der Waals surface area contributed by atoms with Crippen LogP contribution in [0.1, 0.15) is 21.9 Å². The van der Waals surface area contributed by atoms with Crippen molar-refractivity contribution in [1.82, 2.24) is 15.1 Å². The normalized spacial score (nSPS) is 26.4. The fourth-order valence-corrected chi connectivity index (χ4v) is 4.86. The summed E-state index contributed by atoms with van der Waals surface area (Å²) < 4.78 is 12.2. The molecular weight excluding hydrogens is 360 g/mol. The number of anilines is 1. The molecule has 0 amide bonds. The number of hydrogen-bond acceptors (Lipinski definition) is 7. The molecule has 6 nitrogen and oxygen atoms in total. The third-order valence-electron chi connectivity index (χ3n) is 5.26. The Morgan fingerprint density at radius 1 is 1.26 bits per heavy atom. The molecule has 2 aliphatic heterocycles. The van der Waals surface area contributed by atoms with Crippen LogP contribution in [0.4, 0.5) is 5.82 Å². The number of hydrogen-bond donors (Lipinski definition) is 1. The molecule has 146 valence electrons.